The number of aromatic nitrogens is 1. The number of aromatic amines is 1. The number of methoxy groups -OCH3 is 1. The van der Waals surface area contributed by atoms with Gasteiger partial charge in [-0.2, -0.15) is 0 Å². The number of ether oxygens (including phenoxy) is 1. The van der Waals surface area contributed by atoms with Crippen LogP contribution >= 0.6 is 0 Å². The predicted molar refractivity (Wildman–Crippen MR) is 83.3 cm³/mol. The summed E-state index contributed by atoms with van der Waals surface area (Å²) in [7, 11) is 1.73. The third-order valence-corrected chi connectivity index (χ3v) is 4.77. The van der Waals surface area contributed by atoms with Gasteiger partial charge in [-0.05, 0) is 55.5 Å². The third kappa shape index (κ3) is 2.20. The molecule has 1 atom stereocenters. The second-order valence-electron chi connectivity index (χ2n) is 6.02. The quantitative estimate of drug-likeness (QED) is 0.891. The molecule has 3 heteroatoms. The average Bonchev–Trinajstić information content (AvgIpc) is 3.09. The van der Waals surface area contributed by atoms with Crippen molar-refractivity contribution in [1.29, 1.82) is 0 Å². The van der Waals surface area contributed by atoms with E-state index in [0.717, 1.165) is 23.7 Å². The molecule has 3 nitrogen and oxygen atoms in total. The lowest BCUT2D eigenvalue weighted by Gasteiger charge is -2.21. The van der Waals surface area contributed by atoms with Crippen LogP contribution in [0.5, 0.6) is 5.75 Å². The highest BCUT2D eigenvalue weighted by Gasteiger charge is 2.27. The van der Waals surface area contributed by atoms with Crippen LogP contribution in [0.3, 0.4) is 0 Å². The minimum absolute atomic E-state index is 0.470. The SMILES string of the molecule is COc1cc(C)cc2c(C(CN)C3CCCC3)c[nH]c12. The summed E-state index contributed by atoms with van der Waals surface area (Å²) in [6, 6.07) is 4.33. The van der Waals surface area contributed by atoms with Crippen molar-refractivity contribution >= 4 is 10.9 Å². The summed E-state index contributed by atoms with van der Waals surface area (Å²) in [5.74, 6) is 2.14. The number of nitrogens with two attached hydrogens (primary N) is 1. The highest BCUT2D eigenvalue weighted by molar-refractivity contribution is 5.89. The predicted octanol–water partition coefficient (Wildman–Crippen LogP) is 3.72. The van der Waals surface area contributed by atoms with Crippen LogP contribution in [0.2, 0.25) is 0 Å². The van der Waals surface area contributed by atoms with Gasteiger partial charge in [0.05, 0.1) is 12.6 Å². The van der Waals surface area contributed by atoms with Gasteiger partial charge in [0.25, 0.3) is 0 Å². The van der Waals surface area contributed by atoms with Crippen molar-refractivity contribution in [2.24, 2.45) is 11.7 Å². The first-order valence-corrected chi connectivity index (χ1v) is 7.60. The number of rotatable bonds is 4. The Labute approximate surface area is 120 Å². The van der Waals surface area contributed by atoms with Crippen LogP contribution in [0.25, 0.3) is 10.9 Å². The van der Waals surface area contributed by atoms with Crippen LogP contribution in [0.15, 0.2) is 18.3 Å². The lowest BCUT2D eigenvalue weighted by molar-refractivity contribution is 0.418. The highest BCUT2D eigenvalue weighted by atomic mass is 16.5. The zero-order valence-electron chi connectivity index (χ0n) is 12.4. The minimum Gasteiger partial charge on any atom is -0.495 e. The van der Waals surface area contributed by atoms with Gasteiger partial charge in [-0.1, -0.05) is 12.8 Å². The van der Waals surface area contributed by atoms with Crippen LogP contribution in [0.1, 0.15) is 42.7 Å². The molecule has 3 rings (SSSR count). The second kappa shape index (κ2) is 5.49. The summed E-state index contributed by atoms with van der Waals surface area (Å²) in [4.78, 5) is 3.39. The molecular weight excluding hydrogens is 248 g/mol. The zero-order valence-corrected chi connectivity index (χ0v) is 12.4. The van der Waals surface area contributed by atoms with Crippen molar-refractivity contribution in [3.05, 3.63) is 29.5 Å². The van der Waals surface area contributed by atoms with Crippen LogP contribution in [0, 0.1) is 12.8 Å². The van der Waals surface area contributed by atoms with Crippen molar-refractivity contribution in [1.82, 2.24) is 4.98 Å². The Morgan fingerprint density at radius 3 is 2.75 bits per heavy atom. The molecule has 1 aromatic carbocycles. The van der Waals surface area contributed by atoms with Crippen LogP contribution in [-0.4, -0.2) is 18.6 Å². The van der Waals surface area contributed by atoms with E-state index in [9.17, 15) is 0 Å². The van der Waals surface area contributed by atoms with Gasteiger partial charge in [0.15, 0.2) is 0 Å². The summed E-state index contributed by atoms with van der Waals surface area (Å²) in [5, 5.41) is 1.28. The lowest BCUT2D eigenvalue weighted by atomic mass is 9.84. The van der Waals surface area contributed by atoms with E-state index in [2.05, 4.69) is 30.2 Å². The number of hydrogen-bond acceptors (Lipinski definition) is 2. The van der Waals surface area contributed by atoms with E-state index in [1.807, 2.05) is 0 Å². The maximum absolute atomic E-state index is 6.10. The van der Waals surface area contributed by atoms with E-state index >= 15 is 0 Å². The summed E-state index contributed by atoms with van der Waals surface area (Å²) in [5.41, 5.74) is 9.81. The van der Waals surface area contributed by atoms with Crippen LogP contribution in [0.4, 0.5) is 0 Å². The molecule has 1 saturated carbocycles. The maximum Gasteiger partial charge on any atom is 0.143 e. The van der Waals surface area contributed by atoms with Crippen molar-refractivity contribution in [2.45, 2.75) is 38.5 Å². The van der Waals surface area contributed by atoms with E-state index in [1.165, 1.54) is 42.2 Å². The highest BCUT2D eigenvalue weighted by Crippen LogP contribution is 2.40. The number of nitrogens with one attached hydrogen (secondary N) is 1. The molecular formula is C17H24N2O. The van der Waals surface area contributed by atoms with Crippen molar-refractivity contribution in [3.8, 4) is 5.75 Å². The van der Waals surface area contributed by atoms with E-state index in [0.29, 0.717) is 5.92 Å². The Morgan fingerprint density at radius 1 is 1.35 bits per heavy atom. The average molecular weight is 272 g/mol. The number of aryl methyl sites for hydroxylation is 1. The van der Waals surface area contributed by atoms with Crippen molar-refractivity contribution < 1.29 is 4.74 Å². The molecule has 1 aromatic heterocycles. The van der Waals surface area contributed by atoms with Gasteiger partial charge in [-0.25, -0.2) is 0 Å². The molecule has 0 radical (unpaired) electrons. The fourth-order valence-electron chi connectivity index (χ4n) is 3.76. The first kappa shape index (κ1) is 13.5. The first-order chi connectivity index (χ1) is 9.74. The number of benzene rings is 1. The molecule has 1 heterocycles. The molecule has 0 saturated heterocycles. The molecule has 20 heavy (non-hydrogen) atoms. The monoisotopic (exact) mass is 272 g/mol. The summed E-state index contributed by atoms with van der Waals surface area (Å²) in [6.07, 6.45) is 7.48. The molecule has 1 aliphatic carbocycles. The summed E-state index contributed by atoms with van der Waals surface area (Å²) >= 11 is 0. The fourth-order valence-corrected chi connectivity index (χ4v) is 3.76. The molecule has 1 unspecified atom stereocenters. The number of fused-ring (bicyclic) bond motifs is 1. The molecule has 0 bridgehead atoms. The van der Waals surface area contributed by atoms with Crippen LogP contribution in [-0.2, 0) is 0 Å². The van der Waals surface area contributed by atoms with Crippen LogP contribution < -0.4 is 10.5 Å². The normalized spacial score (nSPS) is 17.8. The van der Waals surface area contributed by atoms with Gasteiger partial charge in [0.2, 0.25) is 0 Å². The Bertz CT molecular complexity index is 596. The maximum atomic E-state index is 6.10. The minimum atomic E-state index is 0.470. The number of H-pyrrole nitrogens is 1. The molecule has 108 valence electrons. The smallest absolute Gasteiger partial charge is 0.143 e. The Balaban J connectivity index is 2.08. The molecule has 3 N–H and O–H groups in total. The van der Waals surface area contributed by atoms with Gasteiger partial charge >= 0.3 is 0 Å². The van der Waals surface area contributed by atoms with E-state index in [1.54, 1.807) is 7.11 Å². The topological polar surface area (TPSA) is 51.0 Å². The summed E-state index contributed by atoms with van der Waals surface area (Å²) in [6.45, 7) is 2.85. The van der Waals surface area contributed by atoms with Gasteiger partial charge < -0.3 is 15.5 Å². The molecule has 0 aliphatic heterocycles. The lowest BCUT2D eigenvalue weighted by Crippen LogP contribution is -2.19. The van der Waals surface area contributed by atoms with E-state index in [4.69, 9.17) is 10.5 Å². The van der Waals surface area contributed by atoms with E-state index in [-0.39, 0.29) is 0 Å². The third-order valence-electron chi connectivity index (χ3n) is 4.77. The second-order valence-corrected chi connectivity index (χ2v) is 6.02. The first-order valence-electron chi connectivity index (χ1n) is 7.60. The standard InChI is InChI=1S/C17H24N2O/c1-11-7-13-15(10-19-17(13)16(8-11)20-2)14(9-18)12-5-3-4-6-12/h7-8,10,12,14,19H,3-6,9,18H2,1-2H3. The fraction of sp³-hybridized carbons (Fsp3) is 0.529. The van der Waals surface area contributed by atoms with Crippen molar-refractivity contribution in [3.63, 3.8) is 0 Å². The van der Waals surface area contributed by atoms with Gasteiger partial charge in [-0.3, -0.25) is 0 Å². The molecule has 2 aromatic rings. The summed E-state index contributed by atoms with van der Waals surface area (Å²) < 4.78 is 5.50. The van der Waals surface area contributed by atoms with Crippen molar-refractivity contribution in [2.75, 3.05) is 13.7 Å². The van der Waals surface area contributed by atoms with Gasteiger partial charge in [0.1, 0.15) is 5.75 Å². The van der Waals surface area contributed by atoms with Gasteiger partial charge in [-0.15, -0.1) is 0 Å². The molecule has 1 fully saturated rings. The Kier molecular flexibility index (Phi) is 3.70. The zero-order chi connectivity index (χ0) is 14.1. The molecule has 0 amide bonds. The Hall–Kier alpha value is -1.48. The van der Waals surface area contributed by atoms with E-state index < -0.39 is 0 Å². The largest absolute Gasteiger partial charge is 0.495 e. The molecule has 0 spiro atoms. The number of hydrogen-bond donors (Lipinski definition) is 2. The molecule has 1 aliphatic rings. The Morgan fingerprint density at radius 2 is 2.10 bits per heavy atom. The van der Waals surface area contributed by atoms with Gasteiger partial charge in [0, 0.05) is 17.5 Å².